The Morgan fingerprint density at radius 2 is 1.81 bits per heavy atom. The predicted molar refractivity (Wildman–Crippen MR) is 124 cm³/mol. The number of benzene rings is 1. The van der Waals surface area contributed by atoms with Gasteiger partial charge in [-0.2, -0.15) is 4.31 Å². The average Bonchev–Trinajstić information content (AvgIpc) is 3.32. The van der Waals surface area contributed by atoms with Crippen LogP contribution in [-0.2, 0) is 10.0 Å². The Kier molecular flexibility index (Phi) is 6.60. The summed E-state index contributed by atoms with van der Waals surface area (Å²) < 4.78 is 33.8. The number of carbonyl (C=O) groups excluding carboxylic acids is 1. The van der Waals surface area contributed by atoms with Crippen LogP contribution in [0.25, 0.3) is 11.5 Å². The highest BCUT2D eigenvalue weighted by atomic mass is 35.5. The average molecular weight is 515 g/mol. The molecule has 1 saturated heterocycles. The molecule has 0 saturated carbocycles. The summed E-state index contributed by atoms with van der Waals surface area (Å²) in [6.45, 7) is 5.09. The molecule has 1 amide bonds. The zero-order valence-corrected chi connectivity index (χ0v) is 20.4. The molecular weight excluding hydrogens is 495 g/mol. The van der Waals surface area contributed by atoms with Crippen LogP contribution >= 0.6 is 34.5 Å². The summed E-state index contributed by atoms with van der Waals surface area (Å²) in [6.07, 6.45) is 1.01. The van der Waals surface area contributed by atoms with Gasteiger partial charge in [-0.1, -0.05) is 42.1 Å². The second kappa shape index (κ2) is 9.11. The van der Waals surface area contributed by atoms with Crippen LogP contribution in [0.2, 0.25) is 8.67 Å². The summed E-state index contributed by atoms with van der Waals surface area (Å²) in [7, 11) is -3.62. The molecule has 0 bridgehead atoms. The first-order chi connectivity index (χ1) is 15.1. The first-order valence-electron chi connectivity index (χ1n) is 9.83. The predicted octanol–water partition coefficient (Wildman–Crippen LogP) is 5.02. The molecule has 0 radical (unpaired) electrons. The molecule has 1 fully saturated rings. The molecule has 1 aliphatic heterocycles. The lowest BCUT2D eigenvalue weighted by Crippen LogP contribution is -2.42. The molecule has 3 heterocycles. The van der Waals surface area contributed by atoms with Gasteiger partial charge in [0.1, 0.15) is 4.34 Å². The lowest BCUT2D eigenvalue weighted by atomic mass is 9.94. The van der Waals surface area contributed by atoms with Crippen molar-refractivity contribution in [2.45, 2.75) is 25.2 Å². The molecule has 170 valence electrons. The molecule has 2 aromatic heterocycles. The molecule has 1 N–H and O–H groups in total. The van der Waals surface area contributed by atoms with Crippen molar-refractivity contribution in [3.8, 4) is 11.5 Å². The van der Waals surface area contributed by atoms with Crippen LogP contribution in [0.1, 0.15) is 30.6 Å². The van der Waals surface area contributed by atoms with Crippen molar-refractivity contribution in [1.82, 2.24) is 14.5 Å². The third-order valence-corrected chi connectivity index (χ3v) is 8.46. The Bertz CT molecular complexity index is 1230. The smallest absolute Gasteiger partial charge is 0.322 e. The van der Waals surface area contributed by atoms with Crippen molar-refractivity contribution in [2.75, 3.05) is 18.4 Å². The molecule has 4 rings (SSSR count). The third kappa shape index (κ3) is 4.84. The summed E-state index contributed by atoms with van der Waals surface area (Å²) in [4.78, 5) is 12.7. The number of amides is 1. The van der Waals surface area contributed by atoms with Gasteiger partial charge in [-0.25, -0.2) is 8.42 Å². The normalized spacial score (nSPS) is 19.8. The van der Waals surface area contributed by atoms with Crippen molar-refractivity contribution in [3.05, 3.63) is 44.6 Å². The summed E-state index contributed by atoms with van der Waals surface area (Å²) in [6, 6.07) is 7.24. The molecule has 1 aromatic carbocycles. The standard InChI is InChI=1S/C20H20Cl2N4O4S2/c1-11-7-12(2)10-26(9-11)32(28,29)14-5-3-13(4-6-14)18(27)23-20-25-24-19(30-20)15-8-16(21)31-17(15)22/h3-6,8,11-12H,7,9-10H2,1-2H3,(H,23,25,27). The van der Waals surface area contributed by atoms with E-state index >= 15 is 0 Å². The first kappa shape index (κ1) is 23.2. The quantitative estimate of drug-likeness (QED) is 0.512. The minimum absolute atomic E-state index is 0.114. The van der Waals surface area contributed by atoms with Crippen molar-refractivity contribution in [1.29, 1.82) is 0 Å². The number of hydrogen-bond donors (Lipinski definition) is 1. The maximum absolute atomic E-state index is 13.0. The minimum atomic E-state index is -3.62. The molecule has 3 aromatic rings. The zero-order valence-electron chi connectivity index (χ0n) is 17.2. The number of aromatic nitrogens is 2. The highest BCUT2D eigenvalue weighted by Gasteiger charge is 2.31. The number of anilines is 1. The van der Waals surface area contributed by atoms with Crippen LogP contribution in [-0.4, -0.2) is 41.9 Å². The second-order valence-corrected chi connectivity index (χ2v) is 12.1. The van der Waals surface area contributed by atoms with Crippen LogP contribution < -0.4 is 5.32 Å². The van der Waals surface area contributed by atoms with E-state index in [1.807, 2.05) is 0 Å². The van der Waals surface area contributed by atoms with E-state index < -0.39 is 15.9 Å². The monoisotopic (exact) mass is 514 g/mol. The van der Waals surface area contributed by atoms with Gasteiger partial charge in [0.15, 0.2) is 0 Å². The van der Waals surface area contributed by atoms with Gasteiger partial charge in [-0.05, 0) is 48.6 Å². The Hall–Kier alpha value is -1.98. The molecule has 1 aliphatic rings. The fourth-order valence-corrected chi connectivity index (χ4v) is 6.89. The molecule has 2 atom stereocenters. The minimum Gasteiger partial charge on any atom is -0.403 e. The van der Waals surface area contributed by atoms with Gasteiger partial charge in [0.2, 0.25) is 10.0 Å². The summed E-state index contributed by atoms with van der Waals surface area (Å²) in [5.74, 6) is 0.217. The van der Waals surface area contributed by atoms with E-state index in [1.54, 1.807) is 6.07 Å². The number of halogens is 2. The molecular formula is C20H20Cl2N4O4S2. The van der Waals surface area contributed by atoms with Gasteiger partial charge in [0.25, 0.3) is 11.8 Å². The lowest BCUT2D eigenvalue weighted by molar-refractivity contribution is 0.102. The summed E-state index contributed by atoms with van der Waals surface area (Å²) in [5, 5.41) is 10.2. The highest BCUT2D eigenvalue weighted by molar-refractivity contribution is 7.89. The number of sulfonamides is 1. The number of rotatable bonds is 5. The van der Waals surface area contributed by atoms with E-state index in [-0.39, 0.29) is 22.4 Å². The van der Waals surface area contributed by atoms with E-state index in [4.69, 9.17) is 27.6 Å². The maximum Gasteiger partial charge on any atom is 0.322 e. The number of nitrogens with zero attached hydrogens (tertiary/aromatic N) is 3. The number of hydrogen-bond acceptors (Lipinski definition) is 7. The SMILES string of the molecule is CC1CC(C)CN(S(=O)(=O)c2ccc(C(=O)Nc3nnc(-c4cc(Cl)sc4Cl)o3)cc2)C1. The molecule has 12 heteroatoms. The van der Waals surface area contributed by atoms with Gasteiger partial charge < -0.3 is 4.42 Å². The van der Waals surface area contributed by atoms with E-state index in [0.29, 0.717) is 39.2 Å². The van der Waals surface area contributed by atoms with Gasteiger partial charge in [0, 0.05) is 18.7 Å². The van der Waals surface area contributed by atoms with Crippen molar-refractivity contribution < 1.29 is 17.6 Å². The van der Waals surface area contributed by atoms with Crippen LogP contribution in [0.3, 0.4) is 0 Å². The third-order valence-electron chi connectivity index (χ3n) is 5.12. The van der Waals surface area contributed by atoms with Crippen LogP contribution in [0.15, 0.2) is 39.6 Å². The van der Waals surface area contributed by atoms with E-state index in [9.17, 15) is 13.2 Å². The highest BCUT2D eigenvalue weighted by Crippen LogP contribution is 2.37. The molecule has 0 aliphatic carbocycles. The molecule has 8 nitrogen and oxygen atoms in total. The number of nitrogens with one attached hydrogen (secondary N) is 1. The topological polar surface area (TPSA) is 105 Å². The van der Waals surface area contributed by atoms with E-state index in [2.05, 4.69) is 29.4 Å². The van der Waals surface area contributed by atoms with Crippen molar-refractivity contribution in [3.63, 3.8) is 0 Å². The Labute approximate surface area is 199 Å². The van der Waals surface area contributed by atoms with Crippen LogP contribution in [0.5, 0.6) is 0 Å². The number of carbonyl (C=O) groups is 1. The molecule has 32 heavy (non-hydrogen) atoms. The van der Waals surface area contributed by atoms with Gasteiger partial charge in [-0.15, -0.1) is 16.4 Å². The fourth-order valence-electron chi connectivity index (χ4n) is 3.77. The molecule has 2 unspecified atom stereocenters. The van der Waals surface area contributed by atoms with Crippen LogP contribution in [0, 0.1) is 11.8 Å². The Morgan fingerprint density at radius 3 is 2.41 bits per heavy atom. The lowest BCUT2D eigenvalue weighted by Gasteiger charge is -2.34. The summed E-state index contributed by atoms with van der Waals surface area (Å²) >= 11 is 13.2. The Balaban J connectivity index is 1.46. The van der Waals surface area contributed by atoms with Crippen LogP contribution in [0.4, 0.5) is 6.01 Å². The van der Waals surface area contributed by atoms with Crippen molar-refractivity contribution in [2.24, 2.45) is 11.8 Å². The fraction of sp³-hybridized carbons (Fsp3) is 0.350. The van der Waals surface area contributed by atoms with E-state index in [1.165, 1.54) is 28.6 Å². The van der Waals surface area contributed by atoms with Crippen molar-refractivity contribution >= 4 is 56.5 Å². The van der Waals surface area contributed by atoms with Gasteiger partial charge in [-0.3, -0.25) is 10.1 Å². The molecule has 0 spiro atoms. The zero-order chi connectivity index (χ0) is 23.0. The first-order valence-corrected chi connectivity index (χ1v) is 12.8. The number of thiophene rings is 1. The second-order valence-electron chi connectivity index (χ2n) is 7.90. The largest absolute Gasteiger partial charge is 0.403 e. The number of piperidine rings is 1. The van der Waals surface area contributed by atoms with Gasteiger partial charge >= 0.3 is 6.01 Å². The summed E-state index contributed by atoms with van der Waals surface area (Å²) in [5.41, 5.74) is 0.728. The maximum atomic E-state index is 13.0. The van der Waals surface area contributed by atoms with E-state index in [0.717, 1.165) is 17.8 Å². The Morgan fingerprint density at radius 1 is 1.16 bits per heavy atom. The van der Waals surface area contributed by atoms with Gasteiger partial charge in [0.05, 0.1) is 14.8 Å².